The number of nitrogens with zero attached hydrogens (tertiary/aromatic N) is 4. The van der Waals surface area contributed by atoms with Gasteiger partial charge in [-0.1, -0.05) is 0 Å². The number of hydrogen-bond acceptors (Lipinski definition) is 7. The molecule has 0 radical (unpaired) electrons. The molecule has 7 heteroatoms. The normalized spacial score (nSPS) is 10.7. The first-order valence-electron chi connectivity index (χ1n) is 5.67. The fraction of sp³-hybridized carbons (Fsp3) is 0.455. The van der Waals surface area contributed by atoms with Gasteiger partial charge in [-0.2, -0.15) is 4.37 Å². The molecular weight excluding hydrogens is 266 g/mol. The molecular formula is C11H15N5S2. The van der Waals surface area contributed by atoms with Gasteiger partial charge >= 0.3 is 0 Å². The van der Waals surface area contributed by atoms with Crippen LogP contribution in [0.25, 0.3) is 0 Å². The molecule has 0 saturated carbocycles. The minimum absolute atomic E-state index is 0.764. The van der Waals surface area contributed by atoms with Crippen LogP contribution >= 0.6 is 23.3 Å². The summed E-state index contributed by atoms with van der Waals surface area (Å²) in [4.78, 5) is 13.2. The minimum Gasteiger partial charge on any atom is -0.370 e. The second-order valence-corrected chi connectivity index (χ2v) is 5.78. The van der Waals surface area contributed by atoms with E-state index in [2.05, 4.69) is 31.6 Å². The van der Waals surface area contributed by atoms with Gasteiger partial charge in [0.2, 0.25) is 0 Å². The average Bonchev–Trinajstić information content (AvgIpc) is 2.71. The molecule has 18 heavy (non-hydrogen) atoms. The smallest absolute Gasteiger partial charge is 0.176 e. The number of hydrogen-bond donors (Lipinski definition) is 1. The molecule has 0 fully saturated rings. The number of aryl methyl sites for hydroxylation is 2. The van der Waals surface area contributed by atoms with E-state index in [0.717, 1.165) is 38.9 Å². The third-order valence-electron chi connectivity index (χ3n) is 2.25. The van der Waals surface area contributed by atoms with E-state index in [4.69, 9.17) is 0 Å². The van der Waals surface area contributed by atoms with Crippen molar-refractivity contribution in [3.63, 3.8) is 0 Å². The van der Waals surface area contributed by atoms with Crippen molar-refractivity contribution in [2.24, 2.45) is 0 Å². The van der Waals surface area contributed by atoms with Crippen molar-refractivity contribution in [2.45, 2.75) is 37.1 Å². The lowest BCUT2D eigenvalue weighted by Gasteiger charge is -2.10. The van der Waals surface area contributed by atoms with Crippen molar-refractivity contribution in [2.75, 3.05) is 11.9 Å². The Labute approximate surface area is 115 Å². The maximum Gasteiger partial charge on any atom is 0.176 e. The molecule has 0 aromatic carbocycles. The second kappa shape index (κ2) is 5.62. The van der Waals surface area contributed by atoms with E-state index in [1.165, 1.54) is 11.5 Å². The highest BCUT2D eigenvalue weighted by atomic mass is 32.2. The van der Waals surface area contributed by atoms with Crippen LogP contribution in [0.3, 0.4) is 0 Å². The van der Waals surface area contributed by atoms with E-state index in [-0.39, 0.29) is 0 Å². The first-order chi connectivity index (χ1) is 8.60. The minimum atomic E-state index is 0.764. The first-order valence-corrected chi connectivity index (χ1v) is 7.26. The molecule has 5 nitrogen and oxygen atoms in total. The molecule has 1 N–H and O–H groups in total. The Bertz CT molecular complexity index is 552. The summed E-state index contributed by atoms with van der Waals surface area (Å²) in [6, 6.07) is 0. The van der Waals surface area contributed by atoms with Crippen LogP contribution in [0.1, 0.15) is 24.1 Å². The quantitative estimate of drug-likeness (QED) is 0.869. The van der Waals surface area contributed by atoms with Crippen LogP contribution in [0.4, 0.5) is 5.82 Å². The van der Waals surface area contributed by atoms with Crippen LogP contribution in [0, 0.1) is 20.8 Å². The van der Waals surface area contributed by atoms with Gasteiger partial charge in [-0.15, -0.1) is 0 Å². The predicted molar refractivity (Wildman–Crippen MR) is 74.4 cm³/mol. The van der Waals surface area contributed by atoms with Gasteiger partial charge in [0, 0.05) is 12.1 Å². The molecule has 2 aromatic heterocycles. The standard InChI is InChI=1S/C11H15N5S2/c1-5-12-9-6(2)10(14-7(3)13-9)17-11-15-8(4)16-18-11/h5H2,1-4H3,(H,12,13,14). The third kappa shape index (κ3) is 2.97. The summed E-state index contributed by atoms with van der Waals surface area (Å²) in [6.45, 7) is 8.71. The summed E-state index contributed by atoms with van der Waals surface area (Å²) >= 11 is 2.94. The van der Waals surface area contributed by atoms with Crippen molar-refractivity contribution in [3.8, 4) is 0 Å². The SMILES string of the molecule is CCNc1nc(C)nc(Sc2nc(C)ns2)c1C. The summed E-state index contributed by atoms with van der Waals surface area (Å²) in [5.41, 5.74) is 1.06. The van der Waals surface area contributed by atoms with Crippen molar-refractivity contribution in [3.05, 3.63) is 17.2 Å². The van der Waals surface area contributed by atoms with Crippen LogP contribution in [0.2, 0.25) is 0 Å². The highest BCUT2D eigenvalue weighted by Crippen LogP contribution is 2.32. The van der Waals surface area contributed by atoms with Crippen LogP contribution in [-0.4, -0.2) is 25.9 Å². The summed E-state index contributed by atoms with van der Waals surface area (Å²) < 4.78 is 5.09. The molecule has 0 aliphatic heterocycles. The van der Waals surface area contributed by atoms with E-state index in [9.17, 15) is 0 Å². The van der Waals surface area contributed by atoms with E-state index in [1.54, 1.807) is 11.8 Å². The van der Waals surface area contributed by atoms with Gasteiger partial charge in [0.15, 0.2) is 4.34 Å². The van der Waals surface area contributed by atoms with Crippen molar-refractivity contribution < 1.29 is 0 Å². The van der Waals surface area contributed by atoms with Crippen LogP contribution in [0.15, 0.2) is 9.37 Å². The van der Waals surface area contributed by atoms with Gasteiger partial charge in [0.1, 0.15) is 22.5 Å². The Morgan fingerprint density at radius 3 is 2.50 bits per heavy atom. The Morgan fingerprint density at radius 2 is 1.89 bits per heavy atom. The molecule has 0 atom stereocenters. The number of anilines is 1. The van der Waals surface area contributed by atoms with Gasteiger partial charge in [0.25, 0.3) is 0 Å². The highest BCUT2D eigenvalue weighted by Gasteiger charge is 2.12. The van der Waals surface area contributed by atoms with E-state index >= 15 is 0 Å². The molecule has 2 heterocycles. The van der Waals surface area contributed by atoms with Gasteiger partial charge in [-0.3, -0.25) is 0 Å². The lowest BCUT2D eigenvalue weighted by atomic mass is 10.3. The van der Waals surface area contributed by atoms with Crippen molar-refractivity contribution in [1.82, 2.24) is 19.3 Å². The number of aromatic nitrogens is 4. The highest BCUT2D eigenvalue weighted by molar-refractivity contribution is 8.00. The summed E-state index contributed by atoms with van der Waals surface area (Å²) in [6.07, 6.45) is 0. The molecule has 0 saturated heterocycles. The number of nitrogens with one attached hydrogen (secondary N) is 1. The lowest BCUT2D eigenvalue weighted by Crippen LogP contribution is -2.05. The van der Waals surface area contributed by atoms with E-state index < -0.39 is 0 Å². The summed E-state index contributed by atoms with van der Waals surface area (Å²) in [7, 11) is 0. The molecule has 0 aliphatic carbocycles. The molecule has 0 amide bonds. The average molecular weight is 281 g/mol. The Morgan fingerprint density at radius 1 is 1.11 bits per heavy atom. The van der Waals surface area contributed by atoms with Crippen molar-refractivity contribution in [1.29, 1.82) is 0 Å². The zero-order valence-corrected chi connectivity index (χ0v) is 12.4. The van der Waals surface area contributed by atoms with Gasteiger partial charge in [-0.05, 0) is 51.0 Å². The zero-order chi connectivity index (χ0) is 13.1. The molecule has 0 unspecified atom stereocenters. The maximum absolute atomic E-state index is 4.47. The summed E-state index contributed by atoms with van der Waals surface area (Å²) in [5, 5.41) is 4.19. The van der Waals surface area contributed by atoms with Crippen LogP contribution in [0.5, 0.6) is 0 Å². The van der Waals surface area contributed by atoms with Crippen LogP contribution < -0.4 is 5.32 Å². The molecule has 2 rings (SSSR count). The molecule has 0 aliphatic rings. The largest absolute Gasteiger partial charge is 0.370 e. The topological polar surface area (TPSA) is 63.6 Å². The van der Waals surface area contributed by atoms with Crippen molar-refractivity contribution >= 4 is 29.1 Å². The molecule has 0 spiro atoms. The van der Waals surface area contributed by atoms with Gasteiger partial charge in [-0.25, -0.2) is 15.0 Å². The number of rotatable bonds is 4. The fourth-order valence-electron chi connectivity index (χ4n) is 1.44. The first kappa shape index (κ1) is 13.2. The Kier molecular flexibility index (Phi) is 4.13. The van der Waals surface area contributed by atoms with Crippen LogP contribution in [-0.2, 0) is 0 Å². The van der Waals surface area contributed by atoms with E-state index in [0.29, 0.717) is 0 Å². The molecule has 0 bridgehead atoms. The Hall–Kier alpha value is -1.21. The maximum atomic E-state index is 4.47. The third-order valence-corrected chi connectivity index (χ3v) is 4.18. The summed E-state index contributed by atoms with van der Waals surface area (Å²) in [5.74, 6) is 2.46. The predicted octanol–water partition coefficient (Wildman–Crippen LogP) is 2.84. The van der Waals surface area contributed by atoms with Gasteiger partial charge in [0.05, 0.1) is 0 Å². The zero-order valence-electron chi connectivity index (χ0n) is 10.8. The fourth-order valence-corrected chi connectivity index (χ4v) is 3.14. The van der Waals surface area contributed by atoms with Gasteiger partial charge < -0.3 is 5.32 Å². The molecule has 96 valence electrons. The monoisotopic (exact) mass is 281 g/mol. The Balaban J connectivity index is 2.32. The van der Waals surface area contributed by atoms with E-state index in [1.807, 2.05) is 20.8 Å². The second-order valence-electron chi connectivity index (χ2n) is 3.79. The lowest BCUT2D eigenvalue weighted by molar-refractivity contribution is 0.931. The molecule has 2 aromatic rings.